The molecule has 136 valence electrons. The molecule has 1 aliphatic rings. The fourth-order valence-electron chi connectivity index (χ4n) is 2.54. The van der Waals surface area contributed by atoms with Gasteiger partial charge in [0, 0.05) is 50.5 Å². The van der Waals surface area contributed by atoms with Crippen molar-refractivity contribution in [1.29, 1.82) is 0 Å². The van der Waals surface area contributed by atoms with Crippen molar-refractivity contribution in [3.05, 3.63) is 29.3 Å². The fraction of sp³-hybridized carbons (Fsp3) is 0.588. The van der Waals surface area contributed by atoms with Crippen LogP contribution < -0.4 is 15.5 Å². The lowest BCUT2D eigenvalue weighted by Gasteiger charge is -2.25. The van der Waals surface area contributed by atoms with Crippen LogP contribution in [0.4, 0.5) is 5.69 Å². The first-order valence-electron chi connectivity index (χ1n) is 7.96. The highest BCUT2D eigenvalue weighted by Gasteiger charge is 2.24. The topological polar surface area (TPSA) is 48.9 Å². The van der Waals surface area contributed by atoms with Gasteiger partial charge in [0.1, 0.15) is 0 Å². The molecular weight excluding hydrogens is 439 g/mol. The summed E-state index contributed by atoms with van der Waals surface area (Å²) in [7, 11) is 3.51. The molecule has 0 bridgehead atoms. The Bertz CT molecular complexity index is 553. The molecular formula is C17H28ClIN4O. The Morgan fingerprint density at radius 2 is 2.21 bits per heavy atom. The number of anilines is 1. The molecule has 0 aromatic heterocycles. The molecule has 0 saturated carbocycles. The number of aliphatic imine (C=N–C) groups is 1. The summed E-state index contributed by atoms with van der Waals surface area (Å²) in [6.45, 7) is 6.74. The molecule has 7 heteroatoms. The van der Waals surface area contributed by atoms with Crippen LogP contribution in [0, 0.1) is 0 Å². The van der Waals surface area contributed by atoms with Gasteiger partial charge in [0.05, 0.1) is 5.60 Å². The lowest BCUT2D eigenvalue weighted by molar-refractivity contribution is 0.0268. The summed E-state index contributed by atoms with van der Waals surface area (Å²) >= 11 is 6.08. The van der Waals surface area contributed by atoms with E-state index in [0.717, 1.165) is 30.5 Å². The average molecular weight is 467 g/mol. The van der Waals surface area contributed by atoms with Crippen molar-refractivity contribution in [3.63, 3.8) is 0 Å². The van der Waals surface area contributed by atoms with Crippen LogP contribution >= 0.6 is 35.6 Å². The molecule has 1 aromatic carbocycles. The molecule has 0 spiro atoms. The Kier molecular flexibility index (Phi) is 8.59. The van der Waals surface area contributed by atoms with Crippen molar-refractivity contribution in [2.75, 3.05) is 38.7 Å². The van der Waals surface area contributed by atoms with Gasteiger partial charge in [0.2, 0.25) is 0 Å². The van der Waals surface area contributed by atoms with Gasteiger partial charge >= 0.3 is 0 Å². The van der Waals surface area contributed by atoms with Crippen LogP contribution in [0.2, 0.25) is 5.02 Å². The molecule has 1 aromatic rings. The van der Waals surface area contributed by atoms with E-state index in [1.807, 2.05) is 32.0 Å². The second kappa shape index (κ2) is 9.68. The van der Waals surface area contributed by atoms with Crippen LogP contribution in [0.1, 0.15) is 20.3 Å². The Labute approximate surface area is 167 Å². The van der Waals surface area contributed by atoms with Crippen molar-refractivity contribution >= 4 is 47.2 Å². The molecule has 24 heavy (non-hydrogen) atoms. The predicted molar refractivity (Wildman–Crippen MR) is 113 cm³/mol. The lowest BCUT2D eigenvalue weighted by Crippen LogP contribution is -2.49. The first-order valence-corrected chi connectivity index (χ1v) is 8.34. The summed E-state index contributed by atoms with van der Waals surface area (Å²) in [5, 5.41) is 7.59. The van der Waals surface area contributed by atoms with Gasteiger partial charge in [-0.15, -0.1) is 24.0 Å². The second-order valence-corrected chi connectivity index (χ2v) is 6.88. The van der Waals surface area contributed by atoms with Crippen molar-refractivity contribution in [3.8, 4) is 0 Å². The van der Waals surface area contributed by atoms with Gasteiger partial charge in [-0.25, -0.2) is 0 Å². The summed E-state index contributed by atoms with van der Waals surface area (Å²) in [5.74, 6) is 0.813. The standard InChI is InChI=1S/C17H27ClN4O.HI/c1-17(2,23-4)12-20-16(19-3)21-14-8-9-22(11-14)15-7-5-6-13(18)10-15;/h5-7,10,14H,8-9,11-12H2,1-4H3,(H2,19,20,21);1H. The van der Waals surface area contributed by atoms with E-state index in [4.69, 9.17) is 16.3 Å². The van der Waals surface area contributed by atoms with Crippen molar-refractivity contribution in [2.45, 2.75) is 31.9 Å². The Balaban J connectivity index is 0.00000288. The minimum atomic E-state index is -0.222. The minimum Gasteiger partial charge on any atom is -0.377 e. The molecule has 0 radical (unpaired) electrons. The van der Waals surface area contributed by atoms with Gasteiger partial charge in [-0.05, 0) is 38.5 Å². The molecule has 2 N–H and O–H groups in total. The van der Waals surface area contributed by atoms with Crippen molar-refractivity contribution in [1.82, 2.24) is 10.6 Å². The van der Waals surface area contributed by atoms with Gasteiger partial charge in [-0.1, -0.05) is 17.7 Å². The molecule has 1 unspecified atom stereocenters. The molecule has 1 fully saturated rings. The second-order valence-electron chi connectivity index (χ2n) is 6.45. The number of hydrogen-bond acceptors (Lipinski definition) is 3. The molecule has 1 heterocycles. The zero-order chi connectivity index (χ0) is 16.9. The summed E-state index contributed by atoms with van der Waals surface area (Å²) in [6.07, 6.45) is 1.07. The smallest absolute Gasteiger partial charge is 0.191 e. The van der Waals surface area contributed by atoms with E-state index in [-0.39, 0.29) is 29.6 Å². The number of benzene rings is 1. The van der Waals surface area contributed by atoms with Gasteiger partial charge in [0.25, 0.3) is 0 Å². The predicted octanol–water partition coefficient (Wildman–Crippen LogP) is 3.13. The molecule has 0 aliphatic carbocycles. The van der Waals surface area contributed by atoms with Gasteiger partial charge in [-0.3, -0.25) is 4.99 Å². The molecule has 1 aliphatic heterocycles. The number of nitrogens with zero attached hydrogens (tertiary/aromatic N) is 2. The van der Waals surface area contributed by atoms with E-state index in [1.165, 1.54) is 5.69 Å². The van der Waals surface area contributed by atoms with Crippen LogP contribution in [0.15, 0.2) is 29.3 Å². The van der Waals surface area contributed by atoms with Crippen molar-refractivity contribution < 1.29 is 4.74 Å². The molecule has 2 rings (SSSR count). The number of methoxy groups -OCH3 is 1. The van der Waals surface area contributed by atoms with Gasteiger partial charge in [-0.2, -0.15) is 0 Å². The minimum absolute atomic E-state index is 0. The Morgan fingerprint density at radius 1 is 1.46 bits per heavy atom. The molecule has 5 nitrogen and oxygen atoms in total. The number of nitrogens with one attached hydrogen (secondary N) is 2. The van der Waals surface area contributed by atoms with Gasteiger partial charge in [0.15, 0.2) is 5.96 Å². The van der Waals surface area contributed by atoms with Crippen LogP contribution in [-0.2, 0) is 4.74 Å². The fourth-order valence-corrected chi connectivity index (χ4v) is 2.73. The van der Waals surface area contributed by atoms with E-state index >= 15 is 0 Å². The Morgan fingerprint density at radius 3 is 2.83 bits per heavy atom. The van der Waals surface area contributed by atoms with E-state index in [9.17, 15) is 0 Å². The first kappa shape index (κ1) is 21.3. The highest BCUT2D eigenvalue weighted by molar-refractivity contribution is 14.0. The summed E-state index contributed by atoms with van der Waals surface area (Å²) < 4.78 is 5.42. The normalized spacial score (nSPS) is 18.3. The van der Waals surface area contributed by atoms with E-state index in [2.05, 4.69) is 26.6 Å². The highest BCUT2D eigenvalue weighted by atomic mass is 127. The zero-order valence-electron chi connectivity index (χ0n) is 14.8. The summed E-state index contributed by atoms with van der Waals surface area (Å²) in [4.78, 5) is 6.64. The molecule has 1 saturated heterocycles. The van der Waals surface area contributed by atoms with E-state index in [1.54, 1.807) is 14.2 Å². The SMILES string of the molecule is CN=C(NCC(C)(C)OC)NC1CCN(c2cccc(Cl)c2)C1.I. The maximum atomic E-state index is 6.08. The molecule has 0 amide bonds. The maximum Gasteiger partial charge on any atom is 0.191 e. The number of guanidine groups is 1. The number of halogens is 2. The summed E-state index contributed by atoms with van der Waals surface area (Å²) in [5.41, 5.74) is 0.949. The van der Waals surface area contributed by atoms with Crippen molar-refractivity contribution in [2.24, 2.45) is 4.99 Å². The van der Waals surface area contributed by atoms with E-state index in [0.29, 0.717) is 12.6 Å². The number of ether oxygens (including phenoxy) is 1. The largest absolute Gasteiger partial charge is 0.377 e. The van der Waals surface area contributed by atoms with Gasteiger partial charge < -0.3 is 20.3 Å². The van der Waals surface area contributed by atoms with Crippen LogP contribution in [0.3, 0.4) is 0 Å². The maximum absolute atomic E-state index is 6.08. The van der Waals surface area contributed by atoms with E-state index < -0.39 is 0 Å². The average Bonchev–Trinajstić information content (AvgIpc) is 3.00. The third kappa shape index (κ3) is 6.29. The third-order valence-corrected chi connectivity index (χ3v) is 4.40. The third-order valence-electron chi connectivity index (χ3n) is 4.16. The van der Waals surface area contributed by atoms with Crippen LogP contribution in [0.5, 0.6) is 0 Å². The zero-order valence-corrected chi connectivity index (χ0v) is 17.9. The van der Waals surface area contributed by atoms with Crippen LogP contribution in [-0.4, -0.2) is 51.4 Å². The van der Waals surface area contributed by atoms with Crippen LogP contribution in [0.25, 0.3) is 0 Å². The first-order chi connectivity index (χ1) is 10.9. The summed E-state index contributed by atoms with van der Waals surface area (Å²) in [6, 6.07) is 8.37. The number of rotatable bonds is 5. The lowest BCUT2D eigenvalue weighted by atomic mass is 10.1. The quantitative estimate of drug-likeness (QED) is 0.398. The monoisotopic (exact) mass is 466 g/mol. The highest BCUT2D eigenvalue weighted by Crippen LogP contribution is 2.23. The molecule has 1 atom stereocenters. The Hall–Kier alpha value is -0.730. The number of hydrogen-bond donors (Lipinski definition) is 2.